The second-order valence-electron chi connectivity index (χ2n) is 8.66. The normalized spacial score (nSPS) is 16.7. The molecule has 3 aromatic carbocycles. The van der Waals surface area contributed by atoms with E-state index in [0.29, 0.717) is 0 Å². The number of fused-ring (bicyclic) bond motifs is 1. The van der Waals surface area contributed by atoms with E-state index in [1.54, 1.807) is 19.1 Å². The molecule has 1 heterocycles. The number of benzene rings is 3. The van der Waals surface area contributed by atoms with Crippen LogP contribution in [0, 0.1) is 0 Å². The minimum atomic E-state index is 0.957. The Morgan fingerprint density at radius 1 is 0.912 bits per heavy atom. The molecule has 0 saturated carbocycles. The summed E-state index contributed by atoms with van der Waals surface area (Å²) in [5.74, 6) is 0.965. The molecule has 1 fully saturated rings. The fraction of sp³-hybridized carbons (Fsp3) is 0.241. The van der Waals surface area contributed by atoms with Crippen LogP contribution in [0.25, 0.3) is 10.8 Å². The monoisotopic (exact) mass is 469 g/mol. The van der Waals surface area contributed by atoms with Crippen LogP contribution in [0.1, 0.15) is 12.0 Å². The van der Waals surface area contributed by atoms with Gasteiger partial charge in [-0.1, -0.05) is 60.7 Å². The van der Waals surface area contributed by atoms with Crippen LogP contribution in [-0.2, 0) is 11.3 Å². The average Bonchev–Trinajstić information content (AvgIpc) is 3.14. The summed E-state index contributed by atoms with van der Waals surface area (Å²) < 4.78 is 9.10. The Labute approximate surface area is 206 Å². The summed E-state index contributed by atoms with van der Waals surface area (Å²) in [6.07, 6.45) is 9.55. The molecule has 174 valence electrons. The summed E-state index contributed by atoms with van der Waals surface area (Å²) in [5.41, 5.74) is 3.70. The average molecular weight is 470 g/mol. The first kappa shape index (κ1) is 22.6. The van der Waals surface area contributed by atoms with Gasteiger partial charge < -0.3 is 14.4 Å². The number of hydrogen-bond acceptors (Lipinski definition) is 5. The second-order valence-corrected chi connectivity index (χ2v) is 9.54. The Hall–Kier alpha value is -3.15. The van der Waals surface area contributed by atoms with Crippen LogP contribution in [-0.4, -0.2) is 43.1 Å². The van der Waals surface area contributed by atoms with E-state index >= 15 is 0 Å². The molecule has 34 heavy (non-hydrogen) atoms. The van der Waals surface area contributed by atoms with E-state index in [-0.39, 0.29) is 0 Å². The smallest absolute Gasteiger partial charge is 0.141 e. The minimum absolute atomic E-state index is 0.957. The molecule has 1 N–H and O–H groups in total. The molecule has 2 aliphatic rings. The number of methoxy groups -OCH3 is 1. The molecule has 0 atom stereocenters. The molecular weight excluding hydrogens is 438 g/mol. The highest BCUT2D eigenvalue weighted by atomic mass is 32.2. The quantitative estimate of drug-likeness (QED) is 0.401. The van der Waals surface area contributed by atoms with Gasteiger partial charge in [0.25, 0.3) is 0 Å². The lowest BCUT2D eigenvalue weighted by Gasteiger charge is -2.37. The maximum absolute atomic E-state index is 5.62. The lowest BCUT2D eigenvalue weighted by Crippen LogP contribution is -2.45. The molecule has 0 aromatic heterocycles. The van der Waals surface area contributed by atoms with Crippen molar-refractivity contribution in [1.82, 2.24) is 9.80 Å². The van der Waals surface area contributed by atoms with Gasteiger partial charge in [0.1, 0.15) is 5.76 Å². The van der Waals surface area contributed by atoms with Crippen molar-refractivity contribution in [3.8, 4) is 0 Å². The van der Waals surface area contributed by atoms with Gasteiger partial charge in [0.05, 0.1) is 12.8 Å². The molecule has 1 saturated heterocycles. The van der Waals surface area contributed by atoms with Crippen LogP contribution in [0.5, 0.6) is 0 Å². The Balaban J connectivity index is 1.12. The number of ether oxygens (including phenoxy) is 1. The SMILES string of the molecule is COC1=CC=CCC=C1N1CCN(Cc2ccc(NSc3ccc4ccccc4c3)cc2)CC1. The van der Waals surface area contributed by atoms with E-state index < -0.39 is 0 Å². The number of rotatable bonds is 7. The summed E-state index contributed by atoms with van der Waals surface area (Å²) in [7, 11) is 1.76. The van der Waals surface area contributed by atoms with Gasteiger partial charge in [0.2, 0.25) is 0 Å². The molecule has 5 rings (SSSR count). The highest BCUT2D eigenvalue weighted by Gasteiger charge is 2.21. The van der Waals surface area contributed by atoms with E-state index in [4.69, 9.17) is 4.74 Å². The van der Waals surface area contributed by atoms with Crippen LogP contribution < -0.4 is 4.72 Å². The van der Waals surface area contributed by atoms with Gasteiger partial charge in [0.15, 0.2) is 0 Å². The molecule has 5 heteroatoms. The van der Waals surface area contributed by atoms with Crippen molar-refractivity contribution < 1.29 is 4.74 Å². The van der Waals surface area contributed by atoms with Crippen LogP contribution in [0.3, 0.4) is 0 Å². The van der Waals surface area contributed by atoms with Gasteiger partial charge in [0, 0.05) is 43.3 Å². The third kappa shape index (κ3) is 5.49. The number of allylic oxidation sites excluding steroid dienone is 4. The van der Waals surface area contributed by atoms with E-state index in [2.05, 4.69) is 106 Å². The number of hydrogen-bond donors (Lipinski definition) is 1. The van der Waals surface area contributed by atoms with Crippen LogP contribution in [0.4, 0.5) is 5.69 Å². The van der Waals surface area contributed by atoms with Crippen molar-refractivity contribution in [2.24, 2.45) is 0 Å². The summed E-state index contributed by atoms with van der Waals surface area (Å²) in [5, 5.41) is 2.54. The number of piperazine rings is 1. The van der Waals surface area contributed by atoms with Gasteiger partial charge in [-0.2, -0.15) is 0 Å². The van der Waals surface area contributed by atoms with Crippen molar-refractivity contribution in [3.05, 3.63) is 108 Å². The third-order valence-corrected chi connectivity index (χ3v) is 7.21. The fourth-order valence-corrected chi connectivity index (χ4v) is 5.18. The Bertz CT molecular complexity index is 1210. The zero-order chi connectivity index (χ0) is 23.2. The number of anilines is 1. The van der Waals surface area contributed by atoms with Gasteiger partial charge in [-0.15, -0.1) is 0 Å². The first-order valence-electron chi connectivity index (χ1n) is 11.9. The summed E-state index contributed by atoms with van der Waals surface area (Å²) >= 11 is 1.66. The third-order valence-electron chi connectivity index (χ3n) is 6.38. The zero-order valence-corrected chi connectivity index (χ0v) is 20.4. The zero-order valence-electron chi connectivity index (χ0n) is 19.6. The standard InChI is InChI=1S/C29H31N3OS/c1-33-29-10-4-2-3-9-28(29)32-19-17-31(18-20-32)22-23-11-14-26(15-12-23)30-34-27-16-13-24-7-5-6-8-25(24)21-27/h2,4-16,21,30H,3,17-20,22H2,1H3. The predicted molar refractivity (Wildman–Crippen MR) is 144 cm³/mol. The van der Waals surface area contributed by atoms with Crippen molar-refractivity contribution >= 4 is 28.4 Å². The maximum atomic E-state index is 5.62. The lowest BCUT2D eigenvalue weighted by molar-refractivity contribution is 0.144. The summed E-state index contributed by atoms with van der Waals surface area (Å²) in [6, 6.07) is 23.9. The summed E-state index contributed by atoms with van der Waals surface area (Å²) in [4.78, 5) is 6.20. The molecule has 4 nitrogen and oxygen atoms in total. The molecule has 1 aliphatic carbocycles. The van der Waals surface area contributed by atoms with Crippen LogP contribution >= 0.6 is 11.9 Å². The highest BCUT2D eigenvalue weighted by molar-refractivity contribution is 8.00. The predicted octanol–water partition coefficient (Wildman–Crippen LogP) is 6.45. The van der Waals surface area contributed by atoms with Crippen molar-refractivity contribution in [1.29, 1.82) is 0 Å². The van der Waals surface area contributed by atoms with Crippen molar-refractivity contribution in [2.45, 2.75) is 17.9 Å². The molecular formula is C29H31N3OS. The number of nitrogens with one attached hydrogen (secondary N) is 1. The van der Waals surface area contributed by atoms with Gasteiger partial charge in [-0.25, -0.2) is 0 Å². The maximum Gasteiger partial charge on any atom is 0.141 e. The molecule has 3 aromatic rings. The Morgan fingerprint density at radius 2 is 1.71 bits per heavy atom. The van der Waals surface area contributed by atoms with E-state index in [1.165, 1.54) is 26.9 Å². The van der Waals surface area contributed by atoms with E-state index in [9.17, 15) is 0 Å². The lowest BCUT2D eigenvalue weighted by atomic mass is 10.1. The first-order chi connectivity index (χ1) is 16.8. The van der Waals surface area contributed by atoms with Crippen molar-refractivity contribution in [2.75, 3.05) is 38.0 Å². The van der Waals surface area contributed by atoms with E-state index in [0.717, 1.165) is 50.6 Å². The minimum Gasteiger partial charge on any atom is -0.495 e. The Morgan fingerprint density at radius 3 is 2.50 bits per heavy atom. The topological polar surface area (TPSA) is 27.7 Å². The molecule has 0 amide bonds. The summed E-state index contributed by atoms with van der Waals surface area (Å²) in [6.45, 7) is 5.14. The Kier molecular flexibility index (Phi) is 7.22. The fourth-order valence-electron chi connectivity index (χ4n) is 4.49. The van der Waals surface area contributed by atoms with Crippen LogP contribution in [0.15, 0.2) is 107 Å². The molecule has 0 unspecified atom stereocenters. The molecule has 0 radical (unpaired) electrons. The molecule has 0 bridgehead atoms. The van der Waals surface area contributed by atoms with Gasteiger partial charge in [-0.05, 0) is 65.0 Å². The van der Waals surface area contributed by atoms with Crippen LogP contribution in [0.2, 0.25) is 0 Å². The molecule has 0 spiro atoms. The number of nitrogens with zero attached hydrogens (tertiary/aromatic N) is 2. The largest absolute Gasteiger partial charge is 0.495 e. The highest BCUT2D eigenvalue weighted by Crippen LogP contribution is 2.26. The van der Waals surface area contributed by atoms with Gasteiger partial charge in [-0.3, -0.25) is 4.90 Å². The molecule has 1 aliphatic heterocycles. The first-order valence-corrected chi connectivity index (χ1v) is 12.7. The van der Waals surface area contributed by atoms with Crippen molar-refractivity contribution in [3.63, 3.8) is 0 Å². The second kappa shape index (κ2) is 10.9. The van der Waals surface area contributed by atoms with E-state index in [1.807, 2.05) is 0 Å². The van der Waals surface area contributed by atoms with Gasteiger partial charge >= 0.3 is 0 Å².